The first kappa shape index (κ1) is 12.1. The minimum atomic E-state index is -0.0597. The van der Waals surface area contributed by atoms with Gasteiger partial charge in [-0.05, 0) is 12.5 Å². The predicted octanol–water partition coefficient (Wildman–Crippen LogP) is 1.13. The zero-order chi connectivity index (χ0) is 10.9. The molecule has 1 heterocycles. The van der Waals surface area contributed by atoms with Crippen LogP contribution in [0.2, 0.25) is 0 Å². The number of hydrogen-bond acceptors (Lipinski definition) is 4. The largest absolute Gasteiger partial charge is 0.385 e. The van der Waals surface area contributed by atoms with E-state index >= 15 is 0 Å². The molecule has 1 rings (SSSR count). The third kappa shape index (κ3) is 4.38. The molecule has 0 aliphatic heterocycles. The van der Waals surface area contributed by atoms with Crippen LogP contribution in [0, 0.1) is 0 Å². The molecule has 0 saturated heterocycles. The van der Waals surface area contributed by atoms with E-state index in [1.807, 2.05) is 12.1 Å². The zero-order valence-corrected chi connectivity index (χ0v) is 9.06. The lowest BCUT2D eigenvalue weighted by Crippen LogP contribution is -2.17. The van der Waals surface area contributed by atoms with Crippen LogP contribution in [0.15, 0.2) is 24.5 Å². The van der Waals surface area contributed by atoms with Gasteiger partial charge in [-0.25, -0.2) is 0 Å². The molecule has 0 fully saturated rings. The predicted molar refractivity (Wildman–Crippen MR) is 58.5 cm³/mol. The lowest BCUT2D eigenvalue weighted by atomic mass is 10.1. The number of methoxy groups -OCH3 is 1. The van der Waals surface area contributed by atoms with Crippen LogP contribution in [0.1, 0.15) is 18.1 Å². The minimum absolute atomic E-state index is 0.0597. The van der Waals surface area contributed by atoms with Crippen LogP contribution in [0.4, 0.5) is 0 Å². The van der Waals surface area contributed by atoms with Crippen molar-refractivity contribution >= 4 is 0 Å². The summed E-state index contributed by atoms with van der Waals surface area (Å²) >= 11 is 0. The van der Waals surface area contributed by atoms with Gasteiger partial charge in [-0.15, -0.1) is 0 Å². The summed E-state index contributed by atoms with van der Waals surface area (Å²) in [5, 5.41) is 0. The first-order chi connectivity index (χ1) is 7.38. The van der Waals surface area contributed by atoms with E-state index in [4.69, 9.17) is 15.2 Å². The summed E-state index contributed by atoms with van der Waals surface area (Å²) in [5.41, 5.74) is 6.66. The maximum Gasteiger partial charge on any atom is 0.0961 e. The molecule has 0 radical (unpaired) electrons. The molecule has 0 aliphatic carbocycles. The summed E-state index contributed by atoms with van der Waals surface area (Å²) in [5.74, 6) is 0. The molecule has 0 spiro atoms. The highest BCUT2D eigenvalue weighted by Gasteiger charge is 2.09. The second-order valence-corrected chi connectivity index (χ2v) is 3.23. The fourth-order valence-corrected chi connectivity index (χ4v) is 1.30. The van der Waals surface area contributed by atoms with Crippen molar-refractivity contribution in [1.82, 2.24) is 4.98 Å². The summed E-state index contributed by atoms with van der Waals surface area (Å²) in [6.07, 6.45) is 4.35. The number of hydrogen-bond donors (Lipinski definition) is 1. The van der Waals surface area contributed by atoms with E-state index in [1.54, 1.807) is 19.5 Å². The van der Waals surface area contributed by atoms with E-state index in [0.717, 1.165) is 12.0 Å². The summed E-state index contributed by atoms with van der Waals surface area (Å²) < 4.78 is 10.6. The van der Waals surface area contributed by atoms with Gasteiger partial charge in [0.15, 0.2) is 0 Å². The first-order valence-corrected chi connectivity index (χ1v) is 5.09. The standard InChI is InChI=1S/C11H18N2O2/c1-14-6-3-7-15-11(8-12)10-4-2-5-13-9-10/h2,4-5,9,11H,3,6-8,12H2,1H3. The van der Waals surface area contributed by atoms with Crippen LogP contribution in [-0.4, -0.2) is 31.9 Å². The van der Waals surface area contributed by atoms with E-state index in [1.165, 1.54) is 0 Å². The molecule has 2 N–H and O–H groups in total. The van der Waals surface area contributed by atoms with Crippen LogP contribution < -0.4 is 5.73 Å². The van der Waals surface area contributed by atoms with Crippen LogP contribution in [0.5, 0.6) is 0 Å². The molecule has 15 heavy (non-hydrogen) atoms. The Bertz CT molecular complexity index is 254. The van der Waals surface area contributed by atoms with Crippen molar-refractivity contribution in [3.63, 3.8) is 0 Å². The van der Waals surface area contributed by atoms with Crippen molar-refractivity contribution in [3.05, 3.63) is 30.1 Å². The van der Waals surface area contributed by atoms with Gasteiger partial charge < -0.3 is 15.2 Å². The molecule has 4 heteroatoms. The van der Waals surface area contributed by atoms with E-state index in [-0.39, 0.29) is 6.10 Å². The Balaban J connectivity index is 2.36. The molecular weight excluding hydrogens is 192 g/mol. The van der Waals surface area contributed by atoms with Gasteiger partial charge in [-0.3, -0.25) is 4.98 Å². The average Bonchev–Trinajstić information content (AvgIpc) is 2.30. The van der Waals surface area contributed by atoms with Crippen molar-refractivity contribution in [3.8, 4) is 0 Å². The highest BCUT2D eigenvalue weighted by atomic mass is 16.5. The van der Waals surface area contributed by atoms with E-state index in [0.29, 0.717) is 19.8 Å². The highest BCUT2D eigenvalue weighted by Crippen LogP contribution is 2.14. The van der Waals surface area contributed by atoms with Crippen molar-refractivity contribution in [2.45, 2.75) is 12.5 Å². The fourth-order valence-electron chi connectivity index (χ4n) is 1.30. The third-order valence-electron chi connectivity index (χ3n) is 2.08. The number of pyridine rings is 1. The van der Waals surface area contributed by atoms with Crippen LogP contribution >= 0.6 is 0 Å². The maximum atomic E-state index is 5.64. The minimum Gasteiger partial charge on any atom is -0.385 e. The fraction of sp³-hybridized carbons (Fsp3) is 0.545. The second kappa shape index (κ2) is 7.34. The molecule has 0 aromatic carbocycles. The molecular formula is C11H18N2O2. The molecule has 84 valence electrons. The molecule has 1 aromatic rings. The molecule has 0 aliphatic rings. The molecule has 0 saturated carbocycles. The summed E-state index contributed by atoms with van der Waals surface area (Å²) in [4.78, 5) is 4.04. The Morgan fingerprint density at radius 1 is 1.47 bits per heavy atom. The van der Waals surface area contributed by atoms with E-state index in [9.17, 15) is 0 Å². The quantitative estimate of drug-likeness (QED) is 0.685. The summed E-state index contributed by atoms with van der Waals surface area (Å²) in [6, 6.07) is 3.86. The summed E-state index contributed by atoms with van der Waals surface area (Å²) in [6.45, 7) is 1.84. The van der Waals surface area contributed by atoms with Gasteiger partial charge in [0.25, 0.3) is 0 Å². The second-order valence-electron chi connectivity index (χ2n) is 3.23. The van der Waals surface area contributed by atoms with Crippen molar-refractivity contribution < 1.29 is 9.47 Å². The number of rotatable bonds is 7. The maximum absolute atomic E-state index is 5.64. The molecule has 1 unspecified atom stereocenters. The summed E-state index contributed by atoms with van der Waals surface area (Å²) in [7, 11) is 1.68. The number of aromatic nitrogens is 1. The van der Waals surface area contributed by atoms with E-state index in [2.05, 4.69) is 4.98 Å². The topological polar surface area (TPSA) is 57.4 Å². The number of ether oxygens (including phenoxy) is 2. The van der Waals surface area contributed by atoms with Gasteiger partial charge in [-0.2, -0.15) is 0 Å². The van der Waals surface area contributed by atoms with Crippen molar-refractivity contribution in [2.75, 3.05) is 26.9 Å². The van der Waals surface area contributed by atoms with Crippen LogP contribution in [0.25, 0.3) is 0 Å². The molecule has 0 amide bonds. The molecule has 4 nitrogen and oxygen atoms in total. The van der Waals surface area contributed by atoms with Crippen molar-refractivity contribution in [2.24, 2.45) is 5.73 Å². The lowest BCUT2D eigenvalue weighted by molar-refractivity contribution is 0.0437. The molecule has 1 aromatic heterocycles. The normalized spacial score (nSPS) is 12.7. The van der Waals surface area contributed by atoms with Gasteiger partial charge in [0.05, 0.1) is 6.10 Å². The Kier molecular flexibility index (Phi) is 5.92. The average molecular weight is 210 g/mol. The highest BCUT2D eigenvalue weighted by molar-refractivity contribution is 5.12. The Labute approximate surface area is 90.4 Å². The van der Waals surface area contributed by atoms with Crippen LogP contribution in [0.3, 0.4) is 0 Å². The van der Waals surface area contributed by atoms with Gasteiger partial charge in [0, 0.05) is 44.8 Å². The Morgan fingerprint density at radius 2 is 2.33 bits per heavy atom. The SMILES string of the molecule is COCCCOC(CN)c1cccnc1. The lowest BCUT2D eigenvalue weighted by Gasteiger charge is -2.15. The first-order valence-electron chi connectivity index (χ1n) is 5.09. The molecule has 1 atom stereocenters. The molecule has 0 bridgehead atoms. The van der Waals surface area contributed by atoms with Crippen molar-refractivity contribution in [1.29, 1.82) is 0 Å². The monoisotopic (exact) mass is 210 g/mol. The Morgan fingerprint density at radius 3 is 2.93 bits per heavy atom. The van der Waals surface area contributed by atoms with Gasteiger partial charge in [-0.1, -0.05) is 6.07 Å². The smallest absolute Gasteiger partial charge is 0.0961 e. The van der Waals surface area contributed by atoms with Gasteiger partial charge in [0.1, 0.15) is 0 Å². The van der Waals surface area contributed by atoms with Crippen LogP contribution in [-0.2, 0) is 9.47 Å². The third-order valence-corrected chi connectivity index (χ3v) is 2.08. The van der Waals surface area contributed by atoms with Gasteiger partial charge >= 0.3 is 0 Å². The Hall–Kier alpha value is -0.970. The number of nitrogens with two attached hydrogens (primary N) is 1. The zero-order valence-electron chi connectivity index (χ0n) is 9.06. The van der Waals surface area contributed by atoms with Gasteiger partial charge in [0.2, 0.25) is 0 Å². The van der Waals surface area contributed by atoms with E-state index < -0.39 is 0 Å². The number of nitrogens with zero attached hydrogens (tertiary/aromatic N) is 1.